The highest BCUT2D eigenvalue weighted by Crippen LogP contribution is 2.15. The van der Waals surface area contributed by atoms with Crippen LogP contribution in [0.25, 0.3) is 5.69 Å². The Hall–Kier alpha value is -1.85. The van der Waals surface area contributed by atoms with Crippen LogP contribution in [0.4, 0.5) is 0 Å². The predicted octanol–water partition coefficient (Wildman–Crippen LogP) is 2.43. The zero-order valence-electron chi connectivity index (χ0n) is 13.5. The monoisotopic (exact) mass is 334 g/mol. The minimum absolute atomic E-state index is 0. The average molecular weight is 335 g/mol. The van der Waals surface area contributed by atoms with Gasteiger partial charge in [0.1, 0.15) is 0 Å². The Balaban J connectivity index is 0.00000192. The van der Waals surface area contributed by atoms with Gasteiger partial charge in [-0.15, -0.1) is 12.4 Å². The zero-order valence-corrected chi connectivity index (χ0v) is 14.3. The molecule has 5 nitrogen and oxygen atoms in total. The molecule has 0 aliphatic carbocycles. The molecule has 1 aromatic heterocycles. The van der Waals surface area contributed by atoms with E-state index < -0.39 is 0 Å². The Kier molecular flexibility index (Phi) is 5.80. The average Bonchev–Trinajstić information content (AvgIpc) is 3.01. The highest BCUT2D eigenvalue weighted by atomic mass is 35.5. The molecule has 0 unspecified atom stereocenters. The van der Waals surface area contributed by atoms with Gasteiger partial charge in [0, 0.05) is 24.8 Å². The minimum Gasteiger partial charge on any atom is -0.339 e. The van der Waals surface area contributed by atoms with Gasteiger partial charge in [0.15, 0.2) is 0 Å². The van der Waals surface area contributed by atoms with E-state index in [2.05, 4.69) is 10.4 Å². The maximum absolute atomic E-state index is 12.6. The number of hydrogen-bond donors (Lipinski definition) is 1. The second-order valence-electron chi connectivity index (χ2n) is 5.91. The van der Waals surface area contributed by atoms with Crippen LogP contribution in [0.5, 0.6) is 0 Å². The van der Waals surface area contributed by atoms with Crippen LogP contribution in [0.1, 0.15) is 28.8 Å². The maximum Gasteiger partial charge on any atom is 0.253 e. The van der Waals surface area contributed by atoms with Gasteiger partial charge in [-0.05, 0) is 62.7 Å². The number of halogens is 1. The third-order valence-electron chi connectivity index (χ3n) is 4.27. The van der Waals surface area contributed by atoms with Crippen LogP contribution in [0.3, 0.4) is 0 Å². The quantitative estimate of drug-likeness (QED) is 0.938. The van der Waals surface area contributed by atoms with Gasteiger partial charge in [-0.2, -0.15) is 5.10 Å². The number of carbonyl (C=O) groups excluding carboxylic acids is 1. The number of nitrogens with one attached hydrogen (secondary N) is 1. The Bertz CT molecular complexity index is 647. The van der Waals surface area contributed by atoms with E-state index >= 15 is 0 Å². The first-order chi connectivity index (χ1) is 10.6. The van der Waals surface area contributed by atoms with Crippen LogP contribution in [-0.4, -0.2) is 46.8 Å². The molecule has 1 aliphatic heterocycles. The number of benzene rings is 1. The van der Waals surface area contributed by atoms with Gasteiger partial charge < -0.3 is 10.2 Å². The number of piperidine rings is 1. The lowest BCUT2D eigenvalue weighted by atomic mass is 10.0. The molecule has 1 N–H and O–H groups in total. The minimum atomic E-state index is 0. The van der Waals surface area contributed by atoms with Crippen molar-refractivity contribution in [1.29, 1.82) is 0 Å². The molecule has 0 radical (unpaired) electrons. The smallest absolute Gasteiger partial charge is 0.253 e. The molecular formula is C17H23ClN4O. The Labute approximate surface area is 143 Å². The van der Waals surface area contributed by atoms with Crippen LogP contribution >= 0.6 is 12.4 Å². The summed E-state index contributed by atoms with van der Waals surface area (Å²) >= 11 is 0. The van der Waals surface area contributed by atoms with Gasteiger partial charge in [0.05, 0.1) is 11.9 Å². The van der Waals surface area contributed by atoms with E-state index in [4.69, 9.17) is 0 Å². The van der Waals surface area contributed by atoms with Crippen molar-refractivity contribution in [1.82, 2.24) is 20.0 Å². The molecule has 1 aromatic carbocycles. The van der Waals surface area contributed by atoms with Crippen molar-refractivity contribution in [3.05, 3.63) is 47.8 Å². The summed E-state index contributed by atoms with van der Waals surface area (Å²) in [4.78, 5) is 14.5. The zero-order chi connectivity index (χ0) is 15.5. The van der Waals surface area contributed by atoms with Gasteiger partial charge >= 0.3 is 0 Å². The van der Waals surface area contributed by atoms with Crippen LogP contribution in [0.2, 0.25) is 0 Å². The summed E-state index contributed by atoms with van der Waals surface area (Å²) < 4.78 is 1.82. The summed E-state index contributed by atoms with van der Waals surface area (Å²) in [6.45, 7) is 3.98. The fraction of sp³-hybridized carbons (Fsp3) is 0.412. The van der Waals surface area contributed by atoms with E-state index in [0.29, 0.717) is 6.04 Å². The van der Waals surface area contributed by atoms with Crippen LogP contribution in [0, 0.1) is 6.92 Å². The molecule has 2 aromatic rings. The van der Waals surface area contributed by atoms with Crippen molar-refractivity contribution < 1.29 is 4.79 Å². The molecule has 0 bridgehead atoms. The molecule has 1 fully saturated rings. The van der Waals surface area contributed by atoms with Crippen molar-refractivity contribution in [3.8, 4) is 5.69 Å². The summed E-state index contributed by atoms with van der Waals surface area (Å²) in [6, 6.07) is 7.98. The van der Waals surface area contributed by atoms with E-state index in [-0.39, 0.29) is 18.3 Å². The van der Waals surface area contributed by atoms with E-state index in [1.807, 2.05) is 60.2 Å². The van der Waals surface area contributed by atoms with Crippen molar-refractivity contribution in [3.63, 3.8) is 0 Å². The maximum atomic E-state index is 12.6. The number of hydrogen-bond acceptors (Lipinski definition) is 3. The molecule has 6 heteroatoms. The second kappa shape index (κ2) is 7.62. The number of amides is 1. The highest BCUT2D eigenvalue weighted by molar-refractivity contribution is 5.94. The first kappa shape index (κ1) is 17.5. The molecule has 3 rings (SSSR count). The highest BCUT2D eigenvalue weighted by Gasteiger charge is 2.22. The summed E-state index contributed by atoms with van der Waals surface area (Å²) in [7, 11) is 1.91. The molecule has 0 atom stereocenters. The lowest BCUT2D eigenvalue weighted by Crippen LogP contribution is -2.43. The Morgan fingerprint density at radius 3 is 2.48 bits per heavy atom. The molecule has 1 amide bonds. The number of carbonyl (C=O) groups is 1. The van der Waals surface area contributed by atoms with E-state index in [9.17, 15) is 4.79 Å². The largest absolute Gasteiger partial charge is 0.339 e. The fourth-order valence-electron chi connectivity index (χ4n) is 2.87. The van der Waals surface area contributed by atoms with Crippen LogP contribution in [0.15, 0.2) is 36.7 Å². The lowest BCUT2D eigenvalue weighted by molar-refractivity contribution is 0.0703. The van der Waals surface area contributed by atoms with Crippen LogP contribution < -0.4 is 5.32 Å². The number of aryl methyl sites for hydroxylation is 1. The molecule has 0 spiro atoms. The molecular weight excluding hydrogens is 312 g/mol. The van der Waals surface area contributed by atoms with E-state index in [1.54, 1.807) is 0 Å². The Morgan fingerprint density at radius 2 is 1.91 bits per heavy atom. The summed E-state index contributed by atoms with van der Waals surface area (Å²) in [5, 5.41) is 7.61. The van der Waals surface area contributed by atoms with E-state index in [1.165, 1.54) is 0 Å². The fourth-order valence-corrected chi connectivity index (χ4v) is 2.87. The van der Waals surface area contributed by atoms with Gasteiger partial charge in [-0.25, -0.2) is 4.68 Å². The third kappa shape index (κ3) is 3.92. The Morgan fingerprint density at radius 1 is 1.26 bits per heavy atom. The van der Waals surface area contributed by atoms with Crippen molar-refractivity contribution in [2.24, 2.45) is 0 Å². The molecule has 1 aliphatic rings. The van der Waals surface area contributed by atoms with Gasteiger partial charge in [-0.1, -0.05) is 0 Å². The normalized spacial score (nSPS) is 15.0. The van der Waals surface area contributed by atoms with Gasteiger partial charge in [0.25, 0.3) is 5.91 Å². The first-order valence-corrected chi connectivity index (χ1v) is 7.75. The summed E-state index contributed by atoms with van der Waals surface area (Å²) in [5.41, 5.74) is 2.81. The van der Waals surface area contributed by atoms with E-state index in [0.717, 1.165) is 42.7 Å². The third-order valence-corrected chi connectivity index (χ3v) is 4.27. The predicted molar refractivity (Wildman–Crippen MR) is 93.5 cm³/mol. The van der Waals surface area contributed by atoms with Crippen LogP contribution in [-0.2, 0) is 0 Å². The summed E-state index contributed by atoms with van der Waals surface area (Å²) in [5.74, 6) is 0.0927. The van der Waals surface area contributed by atoms with Gasteiger partial charge in [-0.3, -0.25) is 4.79 Å². The topological polar surface area (TPSA) is 50.2 Å². The molecule has 2 heterocycles. The first-order valence-electron chi connectivity index (χ1n) is 7.75. The molecule has 124 valence electrons. The lowest BCUT2D eigenvalue weighted by Gasteiger charge is -2.31. The summed E-state index contributed by atoms with van der Waals surface area (Å²) in [6.07, 6.45) is 5.84. The van der Waals surface area contributed by atoms with Crippen molar-refractivity contribution in [2.45, 2.75) is 25.8 Å². The number of rotatable bonds is 3. The number of nitrogens with zero attached hydrogens (tertiary/aromatic N) is 3. The molecule has 0 saturated carbocycles. The SMILES string of the molecule is Cc1cnn(-c2ccc(C(=O)N(C)C3CCNCC3)cc2)c1.Cl. The number of aromatic nitrogens is 2. The molecule has 23 heavy (non-hydrogen) atoms. The van der Waals surface area contributed by atoms with Gasteiger partial charge in [0.2, 0.25) is 0 Å². The second-order valence-corrected chi connectivity index (χ2v) is 5.91. The van der Waals surface area contributed by atoms with Crippen molar-refractivity contribution >= 4 is 18.3 Å². The van der Waals surface area contributed by atoms with Crippen molar-refractivity contribution in [2.75, 3.05) is 20.1 Å². The molecule has 1 saturated heterocycles. The standard InChI is InChI=1S/C17H22N4O.ClH/c1-13-11-19-21(12-13)16-5-3-14(4-6-16)17(22)20(2)15-7-9-18-10-8-15;/h3-6,11-12,15,18H,7-10H2,1-2H3;1H.